The number of carbonyl (C=O) groups is 1. The summed E-state index contributed by atoms with van der Waals surface area (Å²) >= 11 is 7.05. The van der Waals surface area contributed by atoms with Crippen LogP contribution in [0.1, 0.15) is 9.67 Å². The molecule has 1 aliphatic rings. The Morgan fingerprint density at radius 3 is 2.52 bits per heavy atom. The van der Waals surface area contributed by atoms with Crippen molar-refractivity contribution in [2.75, 3.05) is 34.3 Å². The van der Waals surface area contributed by atoms with Gasteiger partial charge in [0.15, 0.2) is 5.82 Å². The number of pyridine rings is 1. The topological polar surface area (TPSA) is 91.4 Å². The molecule has 33 heavy (non-hydrogen) atoms. The largest absolute Gasteiger partial charge is 0.358 e. The summed E-state index contributed by atoms with van der Waals surface area (Å²) in [6, 6.07) is 6.82. The van der Waals surface area contributed by atoms with Gasteiger partial charge >= 0.3 is 0 Å². The zero-order valence-corrected chi connectivity index (χ0v) is 19.3. The highest BCUT2D eigenvalue weighted by molar-refractivity contribution is 7.92. The van der Waals surface area contributed by atoms with Crippen LogP contribution in [0.2, 0.25) is 5.02 Å². The van der Waals surface area contributed by atoms with Crippen LogP contribution in [0.25, 0.3) is 11.3 Å². The maximum absolute atomic E-state index is 14.6. The average molecular weight is 517 g/mol. The molecule has 0 atom stereocenters. The molecular formula is C20H16ClF3N4O3S2. The quantitative estimate of drug-likeness (QED) is 0.496. The third-order valence-electron chi connectivity index (χ3n) is 4.59. The van der Waals surface area contributed by atoms with Crippen molar-refractivity contribution in [1.82, 2.24) is 4.98 Å². The number of aromatic nitrogens is 1. The molecule has 0 spiro atoms. The molecule has 1 saturated heterocycles. The number of anilines is 3. The normalized spacial score (nSPS) is 15.1. The first-order chi connectivity index (χ1) is 15.4. The molecule has 0 bridgehead atoms. The first-order valence-corrected chi connectivity index (χ1v) is 12.5. The molecule has 7 nitrogen and oxygen atoms in total. The van der Waals surface area contributed by atoms with Gasteiger partial charge in [-0.25, -0.2) is 21.6 Å². The minimum atomic E-state index is -3.54. The number of amides is 1. The van der Waals surface area contributed by atoms with Crippen LogP contribution in [0, 0.1) is 5.82 Å². The van der Waals surface area contributed by atoms with E-state index in [-0.39, 0.29) is 32.7 Å². The molecule has 0 saturated carbocycles. The second kappa shape index (κ2) is 8.50. The van der Waals surface area contributed by atoms with Gasteiger partial charge in [-0.15, -0.1) is 11.3 Å². The monoisotopic (exact) mass is 516 g/mol. The molecule has 1 aromatic carbocycles. The summed E-state index contributed by atoms with van der Waals surface area (Å²) in [4.78, 5) is 18.2. The van der Waals surface area contributed by atoms with E-state index in [4.69, 9.17) is 11.6 Å². The lowest BCUT2D eigenvalue weighted by molar-refractivity contribution is -0.0263. The first-order valence-electron chi connectivity index (χ1n) is 9.35. The molecule has 13 heteroatoms. The Balaban J connectivity index is 1.49. The molecule has 1 fully saturated rings. The zero-order chi connectivity index (χ0) is 24.0. The lowest BCUT2D eigenvalue weighted by atomic mass is 10.1. The number of nitrogens with one attached hydrogen (secondary N) is 2. The number of thiophene rings is 1. The SMILES string of the molecule is CS(=O)(=O)Nc1cc(Cl)cc(NC(=O)c2cc(-c3ncc(N4CC(F)(F)C4)cc3F)cs2)c1. The molecule has 1 aliphatic heterocycles. The number of sulfonamides is 1. The minimum Gasteiger partial charge on any atom is -0.358 e. The summed E-state index contributed by atoms with van der Waals surface area (Å²) in [5.41, 5.74) is 1.04. The number of halogens is 4. The highest BCUT2D eigenvalue weighted by atomic mass is 35.5. The molecule has 2 aromatic heterocycles. The molecular weight excluding hydrogens is 501 g/mol. The molecule has 0 radical (unpaired) electrons. The maximum atomic E-state index is 14.6. The van der Waals surface area contributed by atoms with Crippen molar-refractivity contribution in [3.8, 4) is 11.3 Å². The fraction of sp³-hybridized carbons (Fsp3) is 0.200. The molecule has 1 amide bonds. The van der Waals surface area contributed by atoms with E-state index in [1.54, 1.807) is 5.38 Å². The lowest BCUT2D eigenvalue weighted by Gasteiger charge is -2.40. The molecule has 174 valence electrons. The van der Waals surface area contributed by atoms with Gasteiger partial charge in [-0.05, 0) is 24.3 Å². The van der Waals surface area contributed by atoms with Crippen LogP contribution in [-0.4, -0.2) is 44.6 Å². The van der Waals surface area contributed by atoms with E-state index < -0.39 is 40.8 Å². The van der Waals surface area contributed by atoms with Crippen LogP contribution >= 0.6 is 22.9 Å². The van der Waals surface area contributed by atoms with Crippen LogP contribution in [0.3, 0.4) is 0 Å². The van der Waals surface area contributed by atoms with Crippen LogP contribution in [0.5, 0.6) is 0 Å². The van der Waals surface area contributed by atoms with Gasteiger partial charge in [0.1, 0.15) is 5.69 Å². The third kappa shape index (κ3) is 5.57. The highest BCUT2D eigenvalue weighted by Gasteiger charge is 2.44. The van der Waals surface area contributed by atoms with Gasteiger partial charge in [0.05, 0.1) is 41.8 Å². The van der Waals surface area contributed by atoms with E-state index in [1.807, 2.05) is 0 Å². The van der Waals surface area contributed by atoms with E-state index in [1.165, 1.54) is 35.4 Å². The summed E-state index contributed by atoms with van der Waals surface area (Å²) in [6.45, 7) is -0.970. The molecule has 3 heterocycles. The number of rotatable bonds is 6. The third-order valence-corrected chi connectivity index (χ3v) is 6.35. The Labute approximate surface area is 196 Å². The molecule has 0 unspecified atom stereocenters. The standard InChI is InChI=1S/C20H16ClF3N4O3S2/c1-33(30,31)27-14-4-12(21)3-13(5-14)26-19(29)17-2-11(8-32-17)18-16(22)6-15(7-25-18)28-9-20(23,24)10-28/h2-8,27H,9-10H2,1H3,(H,26,29). The van der Waals surface area contributed by atoms with Crippen molar-refractivity contribution in [1.29, 1.82) is 0 Å². The van der Waals surface area contributed by atoms with Crippen LogP contribution in [-0.2, 0) is 10.0 Å². The average Bonchev–Trinajstić information content (AvgIpc) is 3.14. The van der Waals surface area contributed by atoms with Crippen molar-refractivity contribution in [2.24, 2.45) is 0 Å². The Kier molecular flexibility index (Phi) is 6.01. The van der Waals surface area contributed by atoms with E-state index in [0.29, 0.717) is 5.56 Å². The molecule has 3 aromatic rings. The van der Waals surface area contributed by atoms with Gasteiger partial charge in [0, 0.05) is 27.7 Å². The van der Waals surface area contributed by atoms with Gasteiger partial charge in [-0.3, -0.25) is 14.5 Å². The van der Waals surface area contributed by atoms with Crippen molar-refractivity contribution in [3.63, 3.8) is 0 Å². The Bertz CT molecular complexity index is 1340. The van der Waals surface area contributed by atoms with Crippen LogP contribution in [0.15, 0.2) is 41.9 Å². The second-order valence-electron chi connectivity index (χ2n) is 7.49. The van der Waals surface area contributed by atoms with Crippen molar-refractivity contribution < 1.29 is 26.4 Å². The summed E-state index contributed by atoms with van der Waals surface area (Å²) in [6.07, 6.45) is 2.30. The van der Waals surface area contributed by atoms with Crippen molar-refractivity contribution >= 4 is 55.9 Å². The van der Waals surface area contributed by atoms with Gasteiger partial charge in [-0.2, -0.15) is 0 Å². The number of nitrogens with zero attached hydrogens (tertiary/aromatic N) is 2. The van der Waals surface area contributed by atoms with Crippen molar-refractivity contribution in [3.05, 3.63) is 57.6 Å². The van der Waals surface area contributed by atoms with E-state index in [9.17, 15) is 26.4 Å². The van der Waals surface area contributed by atoms with Crippen LogP contribution in [0.4, 0.5) is 30.2 Å². The number of hydrogen-bond acceptors (Lipinski definition) is 6. The van der Waals surface area contributed by atoms with Gasteiger partial charge in [0.25, 0.3) is 11.8 Å². The predicted octanol–water partition coefficient (Wildman–Crippen LogP) is 4.68. The fourth-order valence-corrected chi connectivity index (χ4v) is 4.78. The molecule has 4 rings (SSSR count). The summed E-state index contributed by atoms with van der Waals surface area (Å²) in [5, 5.41) is 4.37. The first kappa shape index (κ1) is 23.3. The Hall–Kier alpha value is -2.83. The summed E-state index contributed by atoms with van der Waals surface area (Å²) in [7, 11) is -3.54. The van der Waals surface area contributed by atoms with E-state index in [2.05, 4.69) is 15.0 Å². The van der Waals surface area contributed by atoms with Crippen molar-refractivity contribution in [2.45, 2.75) is 5.92 Å². The molecule has 2 N–H and O–H groups in total. The number of hydrogen-bond donors (Lipinski definition) is 2. The van der Waals surface area contributed by atoms with Crippen LogP contribution < -0.4 is 14.9 Å². The predicted molar refractivity (Wildman–Crippen MR) is 123 cm³/mol. The van der Waals surface area contributed by atoms with E-state index in [0.717, 1.165) is 23.7 Å². The van der Waals surface area contributed by atoms with Gasteiger partial charge < -0.3 is 10.2 Å². The lowest BCUT2D eigenvalue weighted by Crippen LogP contribution is -2.56. The summed E-state index contributed by atoms with van der Waals surface area (Å²) < 4.78 is 65.8. The Morgan fingerprint density at radius 2 is 1.88 bits per heavy atom. The number of benzene rings is 1. The van der Waals surface area contributed by atoms with E-state index >= 15 is 0 Å². The maximum Gasteiger partial charge on any atom is 0.282 e. The van der Waals surface area contributed by atoms with Gasteiger partial charge in [-0.1, -0.05) is 11.6 Å². The fourth-order valence-electron chi connectivity index (χ4n) is 3.21. The number of alkyl halides is 2. The van der Waals surface area contributed by atoms with Gasteiger partial charge in [0.2, 0.25) is 10.0 Å². The zero-order valence-electron chi connectivity index (χ0n) is 16.9. The Morgan fingerprint density at radius 1 is 1.18 bits per heavy atom. The summed E-state index contributed by atoms with van der Waals surface area (Å²) in [5.74, 6) is -3.99. The minimum absolute atomic E-state index is 0.0104. The smallest absolute Gasteiger partial charge is 0.282 e. The molecule has 0 aliphatic carbocycles. The number of carbonyl (C=O) groups excluding carboxylic acids is 1. The highest BCUT2D eigenvalue weighted by Crippen LogP contribution is 2.34. The second-order valence-corrected chi connectivity index (χ2v) is 10.6.